The Hall–Kier alpha value is -0.640. The van der Waals surface area contributed by atoms with E-state index in [0.717, 1.165) is 0 Å². The van der Waals surface area contributed by atoms with Crippen LogP contribution >= 0.6 is 0 Å². The van der Waals surface area contributed by atoms with Gasteiger partial charge in [0.2, 0.25) is 5.91 Å². The lowest BCUT2D eigenvalue weighted by Gasteiger charge is -2.30. The quantitative estimate of drug-likeness (QED) is 0.781. The monoisotopic (exact) mass is 230 g/mol. The number of nitrogens with one attached hydrogen (secondary N) is 1. The van der Waals surface area contributed by atoms with E-state index in [-0.39, 0.29) is 23.4 Å². The lowest BCUT2D eigenvalue weighted by molar-refractivity contribution is -0.126. The zero-order valence-electron chi connectivity index (χ0n) is 10.9. The van der Waals surface area contributed by atoms with Gasteiger partial charge in [0.1, 0.15) is 6.17 Å². The number of nitrogens with zero attached hydrogens (tertiary/aromatic N) is 1. The molecule has 0 radical (unpaired) electrons. The predicted octanol–water partition coefficient (Wildman–Crippen LogP) is 1.58. The number of hydrogen-bond donors (Lipinski definition) is 1. The molecule has 0 saturated carbocycles. The minimum Gasteiger partial charge on any atom is -0.352 e. The van der Waals surface area contributed by atoms with Crippen LogP contribution in [0.25, 0.3) is 0 Å². The Balaban J connectivity index is 2.53. The number of halogens is 1. The summed E-state index contributed by atoms with van der Waals surface area (Å²) in [5.74, 6) is -0.0509. The van der Waals surface area contributed by atoms with Gasteiger partial charge in [0, 0.05) is 19.0 Å². The van der Waals surface area contributed by atoms with Crippen LogP contribution in [-0.2, 0) is 4.79 Å². The third-order valence-corrected chi connectivity index (χ3v) is 3.46. The molecular weight excluding hydrogens is 207 g/mol. The van der Waals surface area contributed by atoms with Crippen LogP contribution in [0.1, 0.15) is 34.1 Å². The molecule has 0 bridgehead atoms. The number of likely N-dealkylation sites (tertiary alicyclic amines) is 1. The van der Waals surface area contributed by atoms with Gasteiger partial charge in [0.05, 0.1) is 6.04 Å². The Morgan fingerprint density at radius 3 is 2.44 bits per heavy atom. The second kappa shape index (κ2) is 4.70. The van der Waals surface area contributed by atoms with E-state index in [2.05, 4.69) is 26.1 Å². The molecule has 16 heavy (non-hydrogen) atoms. The largest absolute Gasteiger partial charge is 0.352 e. The second-order valence-corrected chi connectivity index (χ2v) is 5.88. The number of alkyl halides is 1. The fraction of sp³-hybridized carbons (Fsp3) is 0.917. The van der Waals surface area contributed by atoms with Crippen LogP contribution < -0.4 is 5.32 Å². The first-order valence-corrected chi connectivity index (χ1v) is 5.86. The second-order valence-electron chi connectivity index (χ2n) is 5.88. The maximum Gasteiger partial charge on any atom is 0.237 e. The molecule has 0 aromatic carbocycles. The molecule has 0 aliphatic carbocycles. The molecule has 1 fully saturated rings. The highest BCUT2D eigenvalue weighted by atomic mass is 19.1. The van der Waals surface area contributed by atoms with Gasteiger partial charge in [0.25, 0.3) is 0 Å². The van der Waals surface area contributed by atoms with Crippen molar-refractivity contribution in [2.45, 2.75) is 52.4 Å². The van der Waals surface area contributed by atoms with Crippen LogP contribution in [-0.4, -0.2) is 42.7 Å². The van der Waals surface area contributed by atoms with E-state index in [1.807, 2.05) is 6.92 Å². The molecule has 94 valence electrons. The average molecular weight is 230 g/mol. The number of carbonyl (C=O) groups is 1. The minimum atomic E-state index is -0.870. The molecule has 1 saturated heterocycles. The highest BCUT2D eigenvalue weighted by molar-refractivity contribution is 5.82. The Labute approximate surface area is 97.4 Å². The van der Waals surface area contributed by atoms with Crippen LogP contribution in [0.15, 0.2) is 0 Å². The zero-order chi connectivity index (χ0) is 12.5. The van der Waals surface area contributed by atoms with E-state index in [0.29, 0.717) is 13.0 Å². The third-order valence-electron chi connectivity index (χ3n) is 3.46. The molecule has 0 aromatic heterocycles. The summed E-state index contributed by atoms with van der Waals surface area (Å²) < 4.78 is 13.1. The van der Waals surface area contributed by atoms with Crippen LogP contribution in [0.3, 0.4) is 0 Å². The topological polar surface area (TPSA) is 32.3 Å². The fourth-order valence-electron chi connectivity index (χ4n) is 1.77. The van der Waals surface area contributed by atoms with E-state index in [4.69, 9.17) is 0 Å². The van der Waals surface area contributed by atoms with Crippen LogP contribution in [0, 0.1) is 5.41 Å². The Morgan fingerprint density at radius 1 is 1.50 bits per heavy atom. The normalized spacial score (nSPS) is 29.1. The highest BCUT2D eigenvalue weighted by Gasteiger charge is 2.35. The molecule has 1 aliphatic heterocycles. The summed E-state index contributed by atoms with van der Waals surface area (Å²) in [6, 6.07) is -0.216. The lowest BCUT2D eigenvalue weighted by atomic mass is 9.88. The summed E-state index contributed by atoms with van der Waals surface area (Å²) in [6.07, 6.45) is -0.551. The van der Waals surface area contributed by atoms with Crippen molar-refractivity contribution in [2.75, 3.05) is 13.6 Å². The average Bonchev–Trinajstić information content (AvgIpc) is 2.43. The maximum atomic E-state index is 13.1. The van der Waals surface area contributed by atoms with Crippen molar-refractivity contribution in [2.24, 2.45) is 5.41 Å². The number of amides is 1. The molecular formula is C12H23FN2O. The molecule has 3 nitrogen and oxygen atoms in total. The smallest absolute Gasteiger partial charge is 0.237 e. The Kier molecular flexibility index (Phi) is 3.94. The highest BCUT2D eigenvalue weighted by Crippen LogP contribution is 2.21. The molecule has 1 unspecified atom stereocenters. The van der Waals surface area contributed by atoms with Crippen molar-refractivity contribution >= 4 is 5.91 Å². The fourth-order valence-corrected chi connectivity index (χ4v) is 1.77. The molecule has 1 rings (SSSR count). The molecule has 3 atom stereocenters. The van der Waals surface area contributed by atoms with Gasteiger partial charge in [-0.15, -0.1) is 0 Å². The van der Waals surface area contributed by atoms with Gasteiger partial charge in [-0.3, -0.25) is 9.69 Å². The number of rotatable bonds is 2. The van der Waals surface area contributed by atoms with E-state index < -0.39 is 6.17 Å². The summed E-state index contributed by atoms with van der Waals surface area (Å²) in [4.78, 5) is 13.7. The van der Waals surface area contributed by atoms with Crippen molar-refractivity contribution < 1.29 is 9.18 Å². The van der Waals surface area contributed by atoms with Gasteiger partial charge in [-0.1, -0.05) is 20.8 Å². The van der Waals surface area contributed by atoms with Crippen molar-refractivity contribution in [3.8, 4) is 0 Å². The number of likely N-dealkylation sites (N-methyl/N-ethyl adjacent to an activating group) is 1. The van der Waals surface area contributed by atoms with Crippen LogP contribution in [0.4, 0.5) is 4.39 Å². The molecule has 1 heterocycles. The summed E-state index contributed by atoms with van der Waals surface area (Å²) in [5.41, 5.74) is 0.0297. The lowest BCUT2D eigenvalue weighted by Crippen LogP contribution is -2.48. The molecule has 0 aromatic rings. The van der Waals surface area contributed by atoms with Crippen molar-refractivity contribution in [1.82, 2.24) is 10.2 Å². The van der Waals surface area contributed by atoms with Crippen LogP contribution in [0.2, 0.25) is 0 Å². The van der Waals surface area contributed by atoms with E-state index in [1.54, 1.807) is 11.9 Å². The molecule has 0 spiro atoms. The van der Waals surface area contributed by atoms with Gasteiger partial charge >= 0.3 is 0 Å². The maximum absolute atomic E-state index is 13.1. The predicted molar refractivity (Wildman–Crippen MR) is 63.0 cm³/mol. The van der Waals surface area contributed by atoms with E-state index in [1.165, 1.54) is 0 Å². The molecule has 4 heteroatoms. The van der Waals surface area contributed by atoms with Gasteiger partial charge in [-0.2, -0.15) is 0 Å². The first-order chi connectivity index (χ1) is 7.21. The summed E-state index contributed by atoms with van der Waals surface area (Å²) in [6.45, 7) is 8.58. The van der Waals surface area contributed by atoms with Crippen LogP contribution in [0.5, 0.6) is 0 Å². The number of carbonyl (C=O) groups excluding carboxylic acids is 1. The van der Waals surface area contributed by atoms with Gasteiger partial charge in [-0.25, -0.2) is 4.39 Å². The van der Waals surface area contributed by atoms with Gasteiger partial charge in [0.15, 0.2) is 0 Å². The Morgan fingerprint density at radius 2 is 2.06 bits per heavy atom. The van der Waals surface area contributed by atoms with E-state index in [9.17, 15) is 9.18 Å². The minimum absolute atomic E-state index is 0.0297. The van der Waals surface area contributed by atoms with E-state index >= 15 is 0 Å². The Bertz CT molecular complexity index is 262. The van der Waals surface area contributed by atoms with Gasteiger partial charge < -0.3 is 5.32 Å². The first kappa shape index (κ1) is 13.4. The van der Waals surface area contributed by atoms with Crippen molar-refractivity contribution in [3.63, 3.8) is 0 Å². The number of hydrogen-bond acceptors (Lipinski definition) is 2. The zero-order valence-corrected chi connectivity index (χ0v) is 10.9. The van der Waals surface area contributed by atoms with Crippen molar-refractivity contribution in [1.29, 1.82) is 0 Å². The van der Waals surface area contributed by atoms with Gasteiger partial charge in [-0.05, 0) is 19.4 Å². The molecule has 1 N–H and O–H groups in total. The standard InChI is InChI=1S/C12H23FN2O/c1-8(12(2,3)4)14-11(16)10-6-9(13)7-15(10)5/h8-10H,6-7H2,1-5H3,(H,14,16)/t8?,9-,10-/m0/s1. The summed E-state index contributed by atoms with van der Waals surface area (Å²) >= 11 is 0. The van der Waals surface area contributed by atoms with Crippen molar-refractivity contribution in [3.05, 3.63) is 0 Å². The molecule has 1 aliphatic rings. The third kappa shape index (κ3) is 3.17. The summed E-state index contributed by atoms with van der Waals surface area (Å²) in [7, 11) is 1.80. The molecule has 1 amide bonds. The first-order valence-electron chi connectivity index (χ1n) is 5.86. The SMILES string of the molecule is CC(NC(=O)[C@@H]1C[C@H](F)CN1C)C(C)(C)C. The summed E-state index contributed by atoms with van der Waals surface area (Å²) in [5, 5.41) is 2.97.